The van der Waals surface area contributed by atoms with Crippen molar-refractivity contribution in [1.29, 1.82) is 0 Å². The van der Waals surface area contributed by atoms with Gasteiger partial charge >= 0.3 is 0 Å². The number of anilines is 2. The number of rotatable bonds is 5. The van der Waals surface area contributed by atoms with Crippen LogP contribution in [-0.2, 0) is 4.74 Å². The first-order valence-corrected chi connectivity index (χ1v) is 8.44. The smallest absolute Gasteiger partial charge is 0.253 e. The van der Waals surface area contributed by atoms with Gasteiger partial charge in [0.15, 0.2) is 0 Å². The van der Waals surface area contributed by atoms with Crippen molar-refractivity contribution in [3.8, 4) is 0 Å². The number of amides is 1. The highest BCUT2D eigenvalue weighted by molar-refractivity contribution is 6.35. The van der Waals surface area contributed by atoms with Gasteiger partial charge in [0.1, 0.15) is 0 Å². The lowest BCUT2D eigenvalue weighted by Crippen LogP contribution is -2.31. The van der Waals surface area contributed by atoms with E-state index in [0.717, 1.165) is 19.4 Å². The Labute approximate surface area is 150 Å². The fourth-order valence-corrected chi connectivity index (χ4v) is 2.83. The molecule has 2 heterocycles. The number of aromatic nitrogens is 1. The Morgan fingerprint density at radius 2 is 2.17 bits per heavy atom. The Hall–Kier alpha value is -1.82. The molecule has 0 saturated carbocycles. The summed E-state index contributed by atoms with van der Waals surface area (Å²) in [6, 6.07) is 6.85. The van der Waals surface area contributed by atoms with Gasteiger partial charge in [-0.15, -0.1) is 0 Å². The third-order valence-corrected chi connectivity index (χ3v) is 4.29. The van der Waals surface area contributed by atoms with Crippen molar-refractivity contribution >= 4 is 40.5 Å². The maximum Gasteiger partial charge on any atom is 0.253 e. The minimum atomic E-state index is -0.182. The van der Waals surface area contributed by atoms with E-state index in [-0.39, 0.29) is 12.0 Å². The molecular formula is C17H17Cl2N3O2. The number of halogens is 2. The Balaban J connectivity index is 1.66. The van der Waals surface area contributed by atoms with E-state index in [1.807, 2.05) is 0 Å². The summed E-state index contributed by atoms with van der Waals surface area (Å²) >= 11 is 12.1. The number of ether oxygens (including phenoxy) is 1. The molecule has 1 fully saturated rings. The lowest BCUT2D eigenvalue weighted by molar-refractivity contribution is 0.0857. The topological polar surface area (TPSA) is 63.2 Å². The molecule has 126 valence electrons. The quantitative estimate of drug-likeness (QED) is 0.838. The molecule has 1 aromatic heterocycles. The van der Waals surface area contributed by atoms with Gasteiger partial charge in [0.2, 0.25) is 0 Å². The van der Waals surface area contributed by atoms with Crippen molar-refractivity contribution < 1.29 is 9.53 Å². The van der Waals surface area contributed by atoms with Crippen LogP contribution in [0.15, 0.2) is 36.7 Å². The number of carbonyl (C=O) groups excluding carboxylic acids is 1. The normalized spacial score (nSPS) is 16.8. The average Bonchev–Trinajstić information content (AvgIpc) is 3.10. The number of hydrogen-bond acceptors (Lipinski definition) is 4. The predicted molar refractivity (Wildman–Crippen MR) is 95.3 cm³/mol. The Morgan fingerprint density at radius 3 is 2.96 bits per heavy atom. The van der Waals surface area contributed by atoms with Crippen LogP contribution in [0.25, 0.3) is 0 Å². The summed E-state index contributed by atoms with van der Waals surface area (Å²) in [5.41, 5.74) is 1.78. The Bertz CT molecular complexity index is 734. The van der Waals surface area contributed by atoms with E-state index in [9.17, 15) is 4.79 Å². The van der Waals surface area contributed by atoms with E-state index in [0.29, 0.717) is 33.5 Å². The minimum Gasteiger partial charge on any atom is -0.376 e. The summed E-state index contributed by atoms with van der Waals surface area (Å²) in [5.74, 6) is -0.182. The van der Waals surface area contributed by atoms with Gasteiger partial charge in [0, 0.05) is 24.4 Å². The molecule has 1 amide bonds. The van der Waals surface area contributed by atoms with Gasteiger partial charge in [-0.2, -0.15) is 0 Å². The van der Waals surface area contributed by atoms with Gasteiger partial charge in [-0.1, -0.05) is 23.2 Å². The van der Waals surface area contributed by atoms with E-state index < -0.39 is 0 Å². The molecule has 1 unspecified atom stereocenters. The van der Waals surface area contributed by atoms with Crippen LogP contribution in [0.2, 0.25) is 10.0 Å². The molecule has 0 aliphatic carbocycles. The molecule has 2 N–H and O–H groups in total. The van der Waals surface area contributed by atoms with Gasteiger partial charge in [-0.3, -0.25) is 9.78 Å². The second-order valence-electron chi connectivity index (χ2n) is 5.56. The van der Waals surface area contributed by atoms with Crippen molar-refractivity contribution in [3.63, 3.8) is 0 Å². The van der Waals surface area contributed by atoms with E-state index in [4.69, 9.17) is 27.9 Å². The number of carbonyl (C=O) groups is 1. The van der Waals surface area contributed by atoms with Crippen molar-refractivity contribution in [3.05, 3.63) is 52.3 Å². The van der Waals surface area contributed by atoms with Crippen LogP contribution in [0.3, 0.4) is 0 Å². The molecule has 1 aromatic carbocycles. The van der Waals surface area contributed by atoms with Crippen LogP contribution in [0.5, 0.6) is 0 Å². The monoisotopic (exact) mass is 365 g/mol. The van der Waals surface area contributed by atoms with Gasteiger partial charge in [-0.05, 0) is 37.1 Å². The fourth-order valence-electron chi connectivity index (χ4n) is 2.50. The predicted octanol–water partition coefficient (Wildman–Crippen LogP) is 4.04. The third kappa shape index (κ3) is 4.38. The zero-order chi connectivity index (χ0) is 16.9. The zero-order valence-electron chi connectivity index (χ0n) is 12.9. The highest BCUT2D eigenvalue weighted by Gasteiger charge is 2.17. The first-order chi connectivity index (χ1) is 11.6. The molecule has 1 aliphatic rings. The number of pyridine rings is 1. The number of nitrogens with one attached hydrogen (secondary N) is 2. The summed E-state index contributed by atoms with van der Waals surface area (Å²) in [5, 5.41) is 7.10. The second-order valence-corrected chi connectivity index (χ2v) is 6.40. The van der Waals surface area contributed by atoms with Crippen LogP contribution >= 0.6 is 23.2 Å². The average molecular weight is 366 g/mol. The molecule has 0 spiro atoms. The lowest BCUT2D eigenvalue weighted by Gasteiger charge is -2.12. The molecule has 0 bridgehead atoms. The largest absolute Gasteiger partial charge is 0.376 e. The fraction of sp³-hybridized carbons (Fsp3) is 0.294. The molecule has 3 rings (SSSR count). The van der Waals surface area contributed by atoms with Gasteiger partial charge in [-0.25, -0.2) is 0 Å². The Morgan fingerprint density at radius 1 is 1.29 bits per heavy atom. The van der Waals surface area contributed by atoms with Crippen molar-refractivity contribution in [2.24, 2.45) is 0 Å². The molecule has 1 aliphatic heterocycles. The molecule has 7 heteroatoms. The van der Waals surface area contributed by atoms with Gasteiger partial charge < -0.3 is 15.4 Å². The second kappa shape index (κ2) is 7.83. The summed E-state index contributed by atoms with van der Waals surface area (Å²) in [6.45, 7) is 1.28. The molecule has 2 aromatic rings. The van der Waals surface area contributed by atoms with Gasteiger partial charge in [0.05, 0.1) is 34.3 Å². The maximum absolute atomic E-state index is 12.2. The molecule has 1 saturated heterocycles. The number of nitrogens with zero attached hydrogens (tertiary/aromatic N) is 1. The molecule has 5 nitrogen and oxygen atoms in total. The summed E-state index contributed by atoms with van der Waals surface area (Å²) in [4.78, 5) is 16.3. The number of hydrogen-bond donors (Lipinski definition) is 2. The Kier molecular flexibility index (Phi) is 5.56. The highest BCUT2D eigenvalue weighted by Crippen LogP contribution is 2.28. The first kappa shape index (κ1) is 17.0. The molecule has 1 atom stereocenters. The third-order valence-electron chi connectivity index (χ3n) is 3.72. The summed E-state index contributed by atoms with van der Waals surface area (Å²) in [6.07, 6.45) is 5.27. The number of benzene rings is 1. The van der Waals surface area contributed by atoms with Crippen LogP contribution in [0.1, 0.15) is 23.2 Å². The van der Waals surface area contributed by atoms with Crippen LogP contribution < -0.4 is 10.6 Å². The zero-order valence-corrected chi connectivity index (χ0v) is 14.4. The summed E-state index contributed by atoms with van der Waals surface area (Å²) < 4.78 is 5.50. The van der Waals surface area contributed by atoms with E-state index in [1.54, 1.807) is 30.5 Å². The van der Waals surface area contributed by atoms with E-state index >= 15 is 0 Å². The maximum atomic E-state index is 12.2. The highest BCUT2D eigenvalue weighted by atomic mass is 35.5. The molecule has 0 radical (unpaired) electrons. The van der Waals surface area contributed by atoms with Crippen LogP contribution in [0, 0.1) is 0 Å². The van der Waals surface area contributed by atoms with Crippen LogP contribution in [-0.4, -0.2) is 30.1 Å². The molecular weight excluding hydrogens is 349 g/mol. The van der Waals surface area contributed by atoms with Crippen molar-refractivity contribution in [2.45, 2.75) is 18.9 Å². The first-order valence-electron chi connectivity index (χ1n) is 7.69. The van der Waals surface area contributed by atoms with Crippen LogP contribution in [0.4, 0.5) is 11.4 Å². The van der Waals surface area contributed by atoms with Crippen molar-refractivity contribution in [1.82, 2.24) is 10.3 Å². The standard InChI is InChI=1S/C17H17Cl2N3O2/c18-12-3-4-15(19)16(7-12)22-13-6-11(8-20-9-13)17(23)21-10-14-2-1-5-24-14/h3-4,6-9,14,22H,1-2,5,10H2,(H,21,23). The summed E-state index contributed by atoms with van der Waals surface area (Å²) in [7, 11) is 0. The van der Waals surface area contributed by atoms with E-state index in [1.165, 1.54) is 6.20 Å². The van der Waals surface area contributed by atoms with Crippen molar-refractivity contribution in [2.75, 3.05) is 18.5 Å². The van der Waals surface area contributed by atoms with Gasteiger partial charge in [0.25, 0.3) is 5.91 Å². The molecule has 24 heavy (non-hydrogen) atoms. The lowest BCUT2D eigenvalue weighted by atomic mass is 10.2. The van der Waals surface area contributed by atoms with E-state index in [2.05, 4.69) is 15.6 Å². The minimum absolute atomic E-state index is 0.105. The SMILES string of the molecule is O=C(NCC1CCCO1)c1cncc(Nc2cc(Cl)ccc2Cl)c1.